The van der Waals surface area contributed by atoms with E-state index in [2.05, 4.69) is 0 Å². The second-order valence-corrected chi connectivity index (χ2v) is 6.63. The monoisotopic (exact) mass is 374 g/mol. The summed E-state index contributed by atoms with van der Waals surface area (Å²) in [5.74, 6) is -2.00. The second kappa shape index (κ2) is 8.92. The van der Waals surface area contributed by atoms with E-state index in [-0.39, 0.29) is 36.3 Å². The van der Waals surface area contributed by atoms with Crippen molar-refractivity contribution in [2.45, 2.75) is 37.7 Å². The highest BCUT2D eigenvalue weighted by atomic mass is 35.5. The van der Waals surface area contributed by atoms with E-state index in [0.717, 1.165) is 25.3 Å². The van der Waals surface area contributed by atoms with Gasteiger partial charge in [0, 0.05) is 25.6 Å². The van der Waals surface area contributed by atoms with Crippen LogP contribution in [0.15, 0.2) is 18.2 Å². The Balaban J connectivity index is 0.00000225. The van der Waals surface area contributed by atoms with Crippen molar-refractivity contribution in [2.24, 2.45) is 11.7 Å². The Hall–Kier alpha value is -1.24. The first-order chi connectivity index (χ1) is 11.6. The third-order valence-electron chi connectivity index (χ3n) is 4.94. The molecule has 1 aromatic rings. The summed E-state index contributed by atoms with van der Waals surface area (Å²) in [5.41, 5.74) is 5.77. The molecule has 2 atom stereocenters. The van der Waals surface area contributed by atoms with E-state index in [4.69, 9.17) is 10.5 Å². The largest absolute Gasteiger partial charge is 0.378 e. The van der Waals surface area contributed by atoms with Gasteiger partial charge in [-0.25, -0.2) is 8.78 Å². The molecule has 7 heteroatoms. The van der Waals surface area contributed by atoms with Gasteiger partial charge in [0.25, 0.3) is 0 Å². The Morgan fingerprint density at radius 1 is 1.28 bits per heavy atom. The Morgan fingerprint density at radius 2 is 2.00 bits per heavy atom. The first-order valence-electron chi connectivity index (χ1n) is 8.66. The summed E-state index contributed by atoms with van der Waals surface area (Å²) < 4.78 is 32.9. The van der Waals surface area contributed by atoms with Crippen molar-refractivity contribution in [3.63, 3.8) is 0 Å². The highest BCUT2D eigenvalue weighted by Crippen LogP contribution is 2.49. The van der Waals surface area contributed by atoms with E-state index >= 15 is 0 Å². The lowest BCUT2D eigenvalue weighted by molar-refractivity contribution is -0.135. The summed E-state index contributed by atoms with van der Waals surface area (Å²) in [6, 6.07) is 4.18. The molecule has 2 unspecified atom stereocenters. The van der Waals surface area contributed by atoms with Gasteiger partial charge in [0.1, 0.15) is 0 Å². The van der Waals surface area contributed by atoms with Crippen molar-refractivity contribution in [1.29, 1.82) is 0 Å². The third kappa shape index (κ3) is 4.68. The van der Waals surface area contributed by atoms with Crippen LogP contribution in [0.3, 0.4) is 0 Å². The van der Waals surface area contributed by atoms with E-state index in [1.165, 1.54) is 6.07 Å². The van der Waals surface area contributed by atoms with Gasteiger partial charge >= 0.3 is 0 Å². The number of hydrogen-bond donors (Lipinski definition) is 1. The number of nitrogens with two attached hydrogens (primary N) is 1. The number of ether oxygens (including phenoxy) is 1. The van der Waals surface area contributed by atoms with Crippen LogP contribution in [-0.4, -0.2) is 43.2 Å². The summed E-state index contributed by atoms with van der Waals surface area (Å²) in [4.78, 5) is 14.4. The molecule has 1 heterocycles. The molecule has 1 amide bonds. The molecule has 1 saturated heterocycles. The second-order valence-electron chi connectivity index (χ2n) is 6.63. The van der Waals surface area contributed by atoms with Crippen LogP contribution in [0.2, 0.25) is 0 Å². The molecule has 3 rings (SSSR count). The van der Waals surface area contributed by atoms with Crippen molar-refractivity contribution in [3.05, 3.63) is 35.4 Å². The lowest BCUT2D eigenvalue weighted by Gasteiger charge is -2.32. The number of carbonyl (C=O) groups excluding carboxylic acids is 1. The predicted molar refractivity (Wildman–Crippen MR) is 93.7 cm³/mol. The number of amides is 1. The van der Waals surface area contributed by atoms with Gasteiger partial charge < -0.3 is 15.4 Å². The Bertz CT molecular complexity index is 594. The summed E-state index contributed by atoms with van der Waals surface area (Å²) in [6.45, 7) is 2.62. The fourth-order valence-corrected chi connectivity index (χ4v) is 3.43. The number of rotatable bonds is 6. The van der Waals surface area contributed by atoms with Gasteiger partial charge in [-0.1, -0.05) is 12.1 Å². The molecule has 1 aliphatic carbocycles. The molecule has 25 heavy (non-hydrogen) atoms. The van der Waals surface area contributed by atoms with Gasteiger partial charge in [-0.15, -0.1) is 12.4 Å². The van der Waals surface area contributed by atoms with E-state index < -0.39 is 11.6 Å². The third-order valence-corrected chi connectivity index (χ3v) is 4.94. The van der Waals surface area contributed by atoms with Gasteiger partial charge in [-0.3, -0.25) is 4.79 Å². The zero-order valence-electron chi connectivity index (χ0n) is 14.1. The molecule has 140 valence electrons. The number of carbonyl (C=O) groups is 1. The summed E-state index contributed by atoms with van der Waals surface area (Å²) in [6.07, 6.45) is 3.29. The van der Waals surface area contributed by atoms with Crippen LogP contribution in [0.4, 0.5) is 8.78 Å². The average molecular weight is 375 g/mol. The van der Waals surface area contributed by atoms with Crippen LogP contribution in [0.1, 0.15) is 37.2 Å². The molecule has 4 nitrogen and oxygen atoms in total. The number of halogens is 3. The molecule has 0 bridgehead atoms. The fraction of sp³-hybridized carbons (Fsp3) is 0.611. The van der Waals surface area contributed by atoms with Crippen LogP contribution in [0, 0.1) is 17.6 Å². The van der Waals surface area contributed by atoms with Crippen LogP contribution >= 0.6 is 12.4 Å². The molecule has 2 N–H and O–H groups in total. The summed E-state index contributed by atoms with van der Waals surface area (Å²) in [5, 5.41) is 0. The average Bonchev–Trinajstić information content (AvgIpc) is 3.38. The maximum absolute atomic E-state index is 13.8. The maximum atomic E-state index is 13.8. The first kappa shape index (κ1) is 20.1. The van der Waals surface area contributed by atoms with Gasteiger partial charge in [0.2, 0.25) is 5.91 Å². The molecule has 2 aliphatic rings. The molecule has 1 aliphatic heterocycles. The number of likely N-dealkylation sites (tertiary alicyclic amines) is 1. The predicted octanol–water partition coefficient (Wildman–Crippen LogP) is 2.85. The van der Waals surface area contributed by atoms with Crippen molar-refractivity contribution in [1.82, 2.24) is 4.90 Å². The van der Waals surface area contributed by atoms with Gasteiger partial charge in [-0.2, -0.15) is 0 Å². The number of piperidine rings is 1. The van der Waals surface area contributed by atoms with Crippen molar-refractivity contribution < 1.29 is 18.3 Å². The lowest BCUT2D eigenvalue weighted by atomic mass is 10.1. The quantitative estimate of drug-likeness (QED) is 0.779. The van der Waals surface area contributed by atoms with Crippen LogP contribution in [0.25, 0.3) is 0 Å². The van der Waals surface area contributed by atoms with Gasteiger partial charge in [-0.05, 0) is 49.8 Å². The zero-order chi connectivity index (χ0) is 17.1. The SMILES string of the molecule is Cl.NCCCOC1CCN(C(=O)C2CC2c2cccc(F)c2F)CC1. The highest BCUT2D eigenvalue weighted by molar-refractivity contribution is 5.85. The standard InChI is InChI=1S/C18H24F2N2O2.ClH/c19-16-4-1-3-13(17(16)20)14-11-15(14)18(23)22-8-5-12(6-9-22)24-10-2-7-21;/h1,3-4,12,14-15H,2,5-11,21H2;1H. The number of benzene rings is 1. The van der Waals surface area contributed by atoms with Crippen LogP contribution in [-0.2, 0) is 9.53 Å². The minimum atomic E-state index is -0.846. The van der Waals surface area contributed by atoms with E-state index in [1.54, 1.807) is 6.07 Å². The molecular weight excluding hydrogens is 350 g/mol. The smallest absolute Gasteiger partial charge is 0.226 e. The van der Waals surface area contributed by atoms with Crippen LogP contribution in [0.5, 0.6) is 0 Å². The van der Waals surface area contributed by atoms with Crippen LogP contribution < -0.4 is 5.73 Å². The molecule has 0 aromatic heterocycles. The Morgan fingerprint density at radius 3 is 2.68 bits per heavy atom. The molecule has 1 aromatic carbocycles. The van der Waals surface area contributed by atoms with Crippen molar-refractivity contribution >= 4 is 18.3 Å². The Labute approximate surface area is 153 Å². The molecule has 0 spiro atoms. The van der Waals surface area contributed by atoms with Gasteiger partial charge in [0.15, 0.2) is 11.6 Å². The van der Waals surface area contributed by atoms with E-state index in [0.29, 0.717) is 38.2 Å². The minimum absolute atomic E-state index is 0. The molecular formula is C18H25ClF2N2O2. The van der Waals surface area contributed by atoms with E-state index in [1.807, 2.05) is 4.90 Å². The summed E-state index contributed by atoms with van der Waals surface area (Å²) >= 11 is 0. The topological polar surface area (TPSA) is 55.6 Å². The first-order valence-corrected chi connectivity index (χ1v) is 8.66. The maximum Gasteiger partial charge on any atom is 0.226 e. The Kier molecular flexibility index (Phi) is 7.16. The minimum Gasteiger partial charge on any atom is -0.378 e. The molecule has 0 radical (unpaired) electrons. The fourth-order valence-electron chi connectivity index (χ4n) is 3.43. The normalized spacial score (nSPS) is 23.2. The number of nitrogens with zero attached hydrogens (tertiary/aromatic N) is 1. The summed E-state index contributed by atoms with van der Waals surface area (Å²) in [7, 11) is 0. The highest BCUT2D eigenvalue weighted by Gasteiger charge is 2.47. The lowest BCUT2D eigenvalue weighted by Crippen LogP contribution is -2.42. The van der Waals surface area contributed by atoms with Gasteiger partial charge in [0.05, 0.1) is 6.10 Å². The van der Waals surface area contributed by atoms with Crippen molar-refractivity contribution in [2.75, 3.05) is 26.2 Å². The van der Waals surface area contributed by atoms with Crippen molar-refractivity contribution in [3.8, 4) is 0 Å². The number of hydrogen-bond acceptors (Lipinski definition) is 3. The van der Waals surface area contributed by atoms with E-state index in [9.17, 15) is 13.6 Å². The molecule has 1 saturated carbocycles. The zero-order valence-corrected chi connectivity index (χ0v) is 14.9. The molecule has 2 fully saturated rings.